The Bertz CT molecular complexity index is 648. The van der Waals surface area contributed by atoms with E-state index in [0.29, 0.717) is 29.9 Å². The van der Waals surface area contributed by atoms with E-state index >= 15 is 0 Å². The summed E-state index contributed by atoms with van der Waals surface area (Å²) in [7, 11) is -5.27. The van der Waals surface area contributed by atoms with Crippen molar-refractivity contribution < 1.29 is 26.4 Å². The SMILES string of the molecule is CCNC(=NCCNC(=O)C1CC1)NC1CCN(S(=O)(=O)C(F)(F)F)CC1.I. The Labute approximate surface area is 180 Å². The lowest BCUT2D eigenvalue weighted by Crippen LogP contribution is -2.51. The van der Waals surface area contributed by atoms with Crippen LogP contribution in [0, 0.1) is 5.92 Å². The van der Waals surface area contributed by atoms with Gasteiger partial charge in [-0.25, -0.2) is 8.42 Å². The van der Waals surface area contributed by atoms with Crippen LogP contribution in [0.15, 0.2) is 4.99 Å². The summed E-state index contributed by atoms with van der Waals surface area (Å²) in [5.41, 5.74) is -5.27. The van der Waals surface area contributed by atoms with E-state index in [2.05, 4.69) is 20.9 Å². The lowest BCUT2D eigenvalue weighted by Gasteiger charge is -2.32. The molecule has 0 unspecified atom stereocenters. The molecule has 1 amide bonds. The molecule has 2 aliphatic rings. The summed E-state index contributed by atoms with van der Waals surface area (Å²) in [6.07, 6.45) is 2.36. The van der Waals surface area contributed by atoms with Gasteiger partial charge in [-0.3, -0.25) is 9.79 Å². The fourth-order valence-electron chi connectivity index (χ4n) is 2.74. The molecular formula is C15H27F3IN5O3S. The zero-order valence-electron chi connectivity index (χ0n) is 15.6. The van der Waals surface area contributed by atoms with Crippen LogP contribution in [0.5, 0.6) is 0 Å². The monoisotopic (exact) mass is 541 g/mol. The van der Waals surface area contributed by atoms with Gasteiger partial charge in [0, 0.05) is 38.1 Å². The standard InChI is InChI=1S/C15H26F3N5O3S.HI/c1-2-19-14(21-8-7-20-13(24)11-3-4-11)22-12-5-9-23(10-6-12)27(25,26)15(16,17)18;/h11-12H,2-10H2,1H3,(H,20,24)(H2,19,21,22);1H. The molecule has 13 heteroatoms. The van der Waals surface area contributed by atoms with Crippen LogP contribution in [0.1, 0.15) is 32.6 Å². The van der Waals surface area contributed by atoms with Gasteiger partial charge < -0.3 is 16.0 Å². The number of sulfonamides is 1. The number of aliphatic imine (C=N–C) groups is 1. The van der Waals surface area contributed by atoms with Crippen LogP contribution in [0.25, 0.3) is 0 Å². The van der Waals surface area contributed by atoms with Gasteiger partial charge in [-0.2, -0.15) is 17.5 Å². The van der Waals surface area contributed by atoms with E-state index in [1.807, 2.05) is 6.92 Å². The second-order valence-electron chi connectivity index (χ2n) is 6.59. The van der Waals surface area contributed by atoms with E-state index in [4.69, 9.17) is 0 Å². The van der Waals surface area contributed by atoms with Crippen molar-refractivity contribution in [2.45, 2.75) is 44.2 Å². The largest absolute Gasteiger partial charge is 0.511 e. The maximum absolute atomic E-state index is 12.6. The van der Waals surface area contributed by atoms with Crippen molar-refractivity contribution in [2.75, 3.05) is 32.7 Å². The zero-order chi connectivity index (χ0) is 20.1. The lowest BCUT2D eigenvalue weighted by atomic mass is 10.1. The fourth-order valence-corrected chi connectivity index (χ4v) is 3.72. The molecule has 1 saturated carbocycles. The van der Waals surface area contributed by atoms with Crippen LogP contribution in [-0.2, 0) is 14.8 Å². The number of amides is 1. The van der Waals surface area contributed by atoms with Crippen LogP contribution >= 0.6 is 24.0 Å². The van der Waals surface area contributed by atoms with Crippen LogP contribution in [0.4, 0.5) is 13.2 Å². The Morgan fingerprint density at radius 2 is 1.75 bits per heavy atom. The average Bonchev–Trinajstić information content (AvgIpc) is 3.43. The quantitative estimate of drug-likeness (QED) is 0.193. The number of carbonyl (C=O) groups excluding carboxylic acids is 1. The smallest absolute Gasteiger partial charge is 0.357 e. The minimum absolute atomic E-state index is 0. The van der Waals surface area contributed by atoms with Crippen LogP contribution < -0.4 is 16.0 Å². The zero-order valence-corrected chi connectivity index (χ0v) is 18.7. The molecule has 2 rings (SSSR count). The van der Waals surface area contributed by atoms with Crippen LogP contribution in [0.3, 0.4) is 0 Å². The second-order valence-corrected chi connectivity index (χ2v) is 8.52. The first-order valence-corrected chi connectivity index (χ1v) is 10.5. The van der Waals surface area contributed by atoms with E-state index in [1.54, 1.807) is 0 Å². The Kier molecular flexibility index (Phi) is 9.73. The Balaban J connectivity index is 0.00000392. The second kappa shape index (κ2) is 10.8. The fraction of sp³-hybridized carbons (Fsp3) is 0.867. The maximum atomic E-state index is 12.6. The van der Waals surface area contributed by atoms with E-state index in [0.717, 1.165) is 12.8 Å². The highest BCUT2D eigenvalue weighted by molar-refractivity contribution is 14.0. The van der Waals surface area contributed by atoms with Crippen molar-refractivity contribution in [2.24, 2.45) is 10.9 Å². The van der Waals surface area contributed by atoms with Crippen molar-refractivity contribution >= 4 is 45.9 Å². The molecule has 1 aliphatic carbocycles. The molecule has 0 aromatic carbocycles. The van der Waals surface area contributed by atoms with Gasteiger partial charge in [0.25, 0.3) is 0 Å². The first-order valence-electron chi connectivity index (χ1n) is 9.04. The topological polar surface area (TPSA) is 103 Å². The van der Waals surface area contributed by atoms with E-state index in [-0.39, 0.29) is 67.8 Å². The molecule has 0 atom stereocenters. The molecule has 0 bridgehead atoms. The Morgan fingerprint density at radius 1 is 1.14 bits per heavy atom. The lowest BCUT2D eigenvalue weighted by molar-refractivity contribution is -0.122. The minimum atomic E-state index is -5.27. The summed E-state index contributed by atoms with van der Waals surface area (Å²) in [5, 5.41) is 8.95. The number of piperidine rings is 1. The number of nitrogens with zero attached hydrogens (tertiary/aromatic N) is 2. The third-order valence-corrected chi connectivity index (χ3v) is 6.03. The molecule has 1 saturated heterocycles. The van der Waals surface area contributed by atoms with E-state index < -0.39 is 15.5 Å². The van der Waals surface area contributed by atoms with Crippen LogP contribution in [0.2, 0.25) is 0 Å². The van der Waals surface area contributed by atoms with Crippen LogP contribution in [-0.4, -0.2) is 68.9 Å². The summed E-state index contributed by atoms with van der Waals surface area (Å²) in [6, 6.07) is -0.177. The molecule has 2 fully saturated rings. The summed E-state index contributed by atoms with van der Waals surface area (Å²) >= 11 is 0. The first-order chi connectivity index (χ1) is 12.6. The highest BCUT2D eigenvalue weighted by Gasteiger charge is 2.50. The molecule has 28 heavy (non-hydrogen) atoms. The van der Waals surface area contributed by atoms with Gasteiger partial charge >= 0.3 is 15.5 Å². The van der Waals surface area contributed by atoms with Gasteiger partial charge in [0.2, 0.25) is 5.91 Å². The first kappa shape index (κ1) is 25.2. The predicted molar refractivity (Wildman–Crippen MR) is 110 cm³/mol. The summed E-state index contributed by atoms with van der Waals surface area (Å²) in [4.78, 5) is 15.9. The van der Waals surface area contributed by atoms with Crippen molar-refractivity contribution in [3.05, 3.63) is 0 Å². The number of guanidine groups is 1. The molecule has 0 aromatic rings. The summed E-state index contributed by atoms with van der Waals surface area (Å²) in [5.74, 6) is 0.676. The maximum Gasteiger partial charge on any atom is 0.511 e. The van der Waals surface area contributed by atoms with Crippen molar-refractivity contribution in [3.63, 3.8) is 0 Å². The molecule has 0 spiro atoms. The van der Waals surface area contributed by atoms with Gasteiger partial charge in [-0.15, -0.1) is 24.0 Å². The van der Waals surface area contributed by atoms with E-state index in [1.165, 1.54) is 0 Å². The molecule has 164 valence electrons. The van der Waals surface area contributed by atoms with Gasteiger partial charge in [0.1, 0.15) is 0 Å². The molecule has 1 heterocycles. The predicted octanol–water partition coefficient (Wildman–Crippen LogP) is 1.000. The highest BCUT2D eigenvalue weighted by Crippen LogP contribution is 2.29. The normalized spacial score (nSPS) is 19.6. The third kappa shape index (κ3) is 7.21. The van der Waals surface area contributed by atoms with Crippen molar-refractivity contribution in [3.8, 4) is 0 Å². The third-order valence-electron chi connectivity index (χ3n) is 4.40. The van der Waals surface area contributed by atoms with Gasteiger partial charge in [0.05, 0.1) is 6.54 Å². The number of carbonyl (C=O) groups is 1. The molecule has 8 nitrogen and oxygen atoms in total. The molecule has 1 aliphatic heterocycles. The summed E-state index contributed by atoms with van der Waals surface area (Å²) < 4.78 is 61.1. The number of alkyl halides is 3. The molecule has 0 radical (unpaired) electrons. The highest BCUT2D eigenvalue weighted by atomic mass is 127. The number of halogens is 4. The van der Waals surface area contributed by atoms with Crippen molar-refractivity contribution in [1.29, 1.82) is 0 Å². The average molecular weight is 541 g/mol. The summed E-state index contributed by atoms with van der Waals surface area (Å²) in [6.45, 7) is 2.86. The molecule has 3 N–H and O–H groups in total. The number of nitrogens with one attached hydrogen (secondary N) is 3. The number of hydrogen-bond donors (Lipinski definition) is 3. The van der Waals surface area contributed by atoms with Crippen molar-refractivity contribution in [1.82, 2.24) is 20.3 Å². The van der Waals surface area contributed by atoms with E-state index in [9.17, 15) is 26.4 Å². The molecule has 0 aromatic heterocycles. The van der Waals surface area contributed by atoms with Gasteiger partial charge in [-0.05, 0) is 32.6 Å². The Hall–Kier alpha value is -0.830. The van der Waals surface area contributed by atoms with Gasteiger partial charge in [0.15, 0.2) is 5.96 Å². The van der Waals surface area contributed by atoms with Gasteiger partial charge in [-0.1, -0.05) is 0 Å². The minimum Gasteiger partial charge on any atom is -0.357 e. The number of rotatable bonds is 7. The molecular weight excluding hydrogens is 514 g/mol. The Morgan fingerprint density at radius 3 is 2.25 bits per heavy atom. The number of hydrogen-bond acceptors (Lipinski definition) is 4.